The summed E-state index contributed by atoms with van der Waals surface area (Å²) in [6, 6.07) is 9.75. The Morgan fingerprint density at radius 2 is 1.95 bits per heavy atom. The van der Waals surface area contributed by atoms with Crippen molar-refractivity contribution in [1.82, 2.24) is 9.71 Å². The largest absolute Gasteiger partial charge is 0.598 e. The monoisotopic (exact) mass is 309 g/mol. The van der Waals surface area contributed by atoms with E-state index in [1.807, 2.05) is 51.1 Å². The van der Waals surface area contributed by atoms with E-state index in [-0.39, 0.29) is 10.8 Å². The molecule has 2 aromatic rings. The minimum atomic E-state index is -1.17. The number of thiazole rings is 1. The van der Waals surface area contributed by atoms with Gasteiger partial charge in [-0.05, 0) is 26.3 Å². The Kier molecular flexibility index (Phi) is 4.70. The molecule has 0 amide bonds. The van der Waals surface area contributed by atoms with Crippen LogP contribution in [0.15, 0.2) is 36.5 Å². The normalized spacial score (nSPS) is 15.0. The molecule has 0 fully saturated rings. The Bertz CT molecular complexity index is 551. The number of nitrogens with zero attached hydrogens (tertiary/aromatic N) is 1. The van der Waals surface area contributed by atoms with Crippen molar-refractivity contribution in [1.29, 1.82) is 0 Å². The van der Waals surface area contributed by atoms with E-state index in [0.29, 0.717) is 5.13 Å². The van der Waals surface area contributed by atoms with Crippen molar-refractivity contribution in [2.24, 2.45) is 0 Å². The molecule has 0 spiro atoms. The Morgan fingerprint density at radius 1 is 1.30 bits per heavy atom. The Balaban J connectivity index is 2.30. The van der Waals surface area contributed by atoms with Crippen LogP contribution in [-0.2, 0) is 11.4 Å². The molecule has 20 heavy (non-hydrogen) atoms. The maximum atomic E-state index is 12.4. The average Bonchev–Trinajstić information content (AvgIpc) is 2.82. The molecule has 0 aliphatic carbocycles. The summed E-state index contributed by atoms with van der Waals surface area (Å²) in [5, 5.41) is 0.518. The summed E-state index contributed by atoms with van der Waals surface area (Å²) < 4.78 is 15.2. The van der Waals surface area contributed by atoms with Gasteiger partial charge in [0.2, 0.25) is 0 Å². The summed E-state index contributed by atoms with van der Waals surface area (Å²) in [6.07, 6.45) is 1.74. The highest BCUT2D eigenvalue weighted by atomic mass is 32.2. The number of hydrogen-bond acceptors (Lipinski definition) is 5. The van der Waals surface area contributed by atoms with Crippen molar-refractivity contribution in [2.75, 3.05) is 5.73 Å². The molecular formula is C14H19N3OS2. The van der Waals surface area contributed by atoms with Crippen molar-refractivity contribution < 1.29 is 4.55 Å². The minimum Gasteiger partial charge on any atom is -0.598 e. The molecule has 0 bridgehead atoms. The van der Waals surface area contributed by atoms with Crippen LogP contribution in [0, 0.1) is 0 Å². The molecule has 3 N–H and O–H groups in total. The van der Waals surface area contributed by atoms with Gasteiger partial charge in [0.05, 0.1) is 4.88 Å². The summed E-state index contributed by atoms with van der Waals surface area (Å²) in [5.41, 5.74) is 6.76. The molecule has 1 aromatic carbocycles. The first-order chi connectivity index (χ1) is 9.38. The van der Waals surface area contributed by atoms with Gasteiger partial charge in [0.25, 0.3) is 0 Å². The molecule has 2 rings (SSSR count). The lowest BCUT2D eigenvalue weighted by Crippen LogP contribution is -2.41. The number of nitrogen functional groups attached to an aromatic ring is 1. The molecule has 0 unspecified atom stereocenters. The van der Waals surface area contributed by atoms with E-state index in [0.717, 1.165) is 10.4 Å². The van der Waals surface area contributed by atoms with Crippen LogP contribution in [0.25, 0.3) is 0 Å². The van der Waals surface area contributed by atoms with Crippen LogP contribution in [0.3, 0.4) is 0 Å². The topological polar surface area (TPSA) is 74.0 Å². The lowest BCUT2D eigenvalue weighted by molar-refractivity contribution is 0.536. The zero-order chi connectivity index (χ0) is 14.8. The summed E-state index contributed by atoms with van der Waals surface area (Å²) >= 11 is 0.242. The maximum absolute atomic E-state index is 12.4. The van der Waals surface area contributed by atoms with Gasteiger partial charge in [0, 0.05) is 17.6 Å². The van der Waals surface area contributed by atoms with Crippen LogP contribution in [0.2, 0.25) is 0 Å². The van der Waals surface area contributed by atoms with Crippen molar-refractivity contribution in [3.63, 3.8) is 0 Å². The quantitative estimate of drug-likeness (QED) is 0.852. The molecule has 0 aliphatic rings. The molecule has 6 heteroatoms. The van der Waals surface area contributed by atoms with Gasteiger partial charge in [-0.25, -0.2) is 4.98 Å². The third-order valence-corrected chi connectivity index (χ3v) is 5.19. The second kappa shape index (κ2) is 6.13. The van der Waals surface area contributed by atoms with Gasteiger partial charge >= 0.3 is 0 Å². The Hall–Kier alpha value is -1.08. The lowest BCUT2D eigenvalue weighted by Gasteiger charge is -2.27. The first-order valence-corrected chi connectivity index (χ1v) is 8.29. The van der Waals surface area contributed by atoms with Gasteiger partial charge in [-0.15, -0.1) is 16.1 Å². The van der Waals surface area contributed by atoms with Crippen LogP contribution >= 0.6 is 11.3 Å². The van der Waals surface area contributed by atoms with Gasteiger partial charge in [-0.1, -0.05) is 30.3 Å². The van der Waals surface area contributed by atoms with E-state index in [1.54, 1.807) is 6.20 Å². The molecule has 4 nitrogen and oxygen atoms in total. The van der Waals surface area contributed by atoms with E-state index in [2.05, 4.69) is 9.71 Å². The second-order valence-corrected chi connectivity index (χ2v) is 8.54. The van der Waals surface area contributed by atoms with Gasteiger partial charge < -0.3 is 10.3 Å². The summed E-state index contributed by atoms with van der Waals surface area (Å²) in [7, 11) is 0. The standard InChI is InChI=1S/C14H19N3OS2/c1-14(2,3)20(18)17-12(10-7-5-4-6-8-10)11-9-16-13(15)19-11/h4-9,12,17H,1-3H3,(H2,15,16)/t12-,20+/m0/s1. The fraction of sp³-hybridized carbons (Fsp3) is 0.357. The van der Waals surface area contributed by atoms with E-state index >= 15 is 0 Å². The third kappa shape index (κ3) is 3.73. The number of aromatic nitrogens is 1. The summed E-state index contributed by atoms with van der Waals surface area (Å²) in [6.45, 7) is 5.83. The number of rotatable bonds is 4. The molecule has 0 radical (unpaired) electrons. The SMILES string of the molecule is CC(C)(C)[S@@+]([O-])N[C@@H](c1ccccc1)c1cnc(N)s1. The smallest absolute Gasteiger partial charge is 0.180 e. The maximum Gasteiger partial charge on any atom is 0.180 e. The number of anilines is 1. The molecule has 0 aliphatic heterocycles. The number of nitrogens with one attached hydrogen (secondary N) is 1. The zero-order valence-electron chi connectivity index (χ0n) is 11.8. The van der Waals surface area contributed by atoms with Crippen molar-refractivity contribution in [2.45, 2.75) is 31.6 Å². The van der Waals surface area contributed by atoms with Crippen LogP contribution in [-0.4, -0.2) is 14.3 Å². The lowest BCUT2D eigenvalue weighted by atomic mass is 10.1. The van der Waals surface area contributed by atoms with E-state index in [1.165, 1.54) is 11.3 Å². The Morgan fingerprint density at radius 3 is 2.45 bits per heavy atom. The molecule has 0 saturated heterocycles. The predicted octanol–water partition coefficient (Wildman–Crippen LogP) is 2.87. The predicted molar refractivity (Wildman–Crippen MR) is 85.8 cm³/mol. The van der Waals surface area contributed by atoms with Crippen LogP contribution in [0.4, 0.5) is 5.13 Å². The Labute approximate surface area is 126 Å². The highest BCUT2D eigenvalue weighted by Gasteiger charge is 2.31. The highest BCUT2D eigenvalue weighted by molar-refractivity contribution is 7.90. The molecule has 108 valence electrons. The minimum absolute atomic E-state index is 0.161. The van der Waals surface area contributed by atoms with Crippen molar-refractivity contribution in [3.8, 4) is 0 Å². The summed E-state index contributed by atoms with van der Waals surface area (Å²) in [4.78, 5) is 5.05. The van der Waals surface area contributed by atoms with Crippen LogP contribution < -0.4 is 10.5 Å². The molecule has 1 heterocycles. The molecular weight excluding hydrogens is 290 g/mol. The van der Waals surface area contributed by atoms with Crippen LogP contribution in [0.5, 0.6) is 0 Å². The molecule has 1 aromatic heterocycles. The zero-order valence-corrected chi connectivity index (χ0v) is 13.4. The number of benzene rings is 1. The third-order valence-electron chi connectivity index (χ3n) is 2.74. The van der Waals surface area contributed by atoms with Crippen molar-refractivity contribution >= 4 is 27.8 Å². The summed E-state index contributed by atoms with van der Waals surface area (Å²) in [5.74, 6) is 0. The fourth-order valence-corrected chi connectivity index (χ4v) is 3.32. The van der Waals surface area contributed by atoms with Gasteiger partial charge in [0.15, 0.2) is 5.13 Å². The molecule has 2 atom stereocenters. The highest BCUT2D eigenvalue weighted by Crippen LogP contribution is 2.30. The van der Waals surface area contributed by atoms with Gasteiger partial charge in [-0.2, -0.15) is 0 Å². The first-order valence-electron chi connectivity index (χ1n) is 6.32. The number of hydrogen-bond donors (Lipinski definition) is 2. The second-order valence-electron chi connectivity index (χ2n) is 5.44. The van der Waals surface area contributed by atoms with E-state index < -0.39 is 11.4 Å². The fourth-order valence-electron chi connectivity index (χ4n) is 1.65. The van der Waals surface area contributed by atoms with Gasteiger partial charge in [-0.3, -0.25) is 0 Å². The first kappa shape index (κ1) is 15.3. The van der Waals surface area contributed by atoms with Crippen molar-refractivity contribution in [3.05, 3.63) is 47.0 Å². The van der Waals surface area contributed by atoms with E-state index in [9.17, 15) is 4.55 Å². The van der Waals surface area contributed by atoms with Gasteiger partial charge in [0.1, 0.15) is 10.8 Å². The average molecular weight is 309 g/mol. The van der Waals surface area contributed by atoms with Crippen LogP contribution in [0.1, 0.15) is 37.3 Å². The van der Waals surface area contributed by atoms with E-state index in [4.69, 9.17) is 5.73 Å². The molecule has 0 saturated carbocycles. The number of nitrogens with two attached hydrogens (primary N) is 1.